The van der Waals surface area contributed by atoms with Crippen LogP contribution in [0.15, 0.2) is 40.9 Å². The minimum absolute atomic E-state index is 0.0116. The average molecular weight is 429 g/mol. The monoisotopic (exact) mass is 428 g/mol. The normalized spacial score (nSPS) is 15.5. The summed E-state index contributed by atoms with van der Waals surface area (Å²) in [5, 5.41) is 13.8. The molecule has 0 aliphatic carbocycles. The number of halogens is 1. The number of aliphatic carboxylic acids is 1. The van der Waals surface area contributed by atoms with Crippen molar-refractivity contribution in [2.24, 2.45) is 0 Å². The first-order valence-electron chi connectivity index (χ1n) is 9.70. The van der Waals surface area contributed by atoms with E-state index in [1.165, 1.54) is 0 Å². The summed E-state index contributed by atoms with van der Waals surface area (Å²) < 4.78 is 17.0. The summed E-state index contributed by atoms with van der Waals surface area (Å²) in [5.74, 6) is 0.952. The number of hydrogen-bond acceptors (Lipinski definition) is 6. The fourth-order valence-electron chi connectivity index (χ4n) is 3.53. The minimum atomic E-state index is -0.832. The van der Waals surface area contributed by atoms with E-state index in [0.29, 0.717) is 52.4 Å². The quantitative estimate of drug-likeness (QED) is 0.577. The lowest BCUT2D eigenvalue weighted by atomic mass is 9.88. The highest BCUT2D eigenvalue weighted by Crippen LogP contribution is 2.42. The summed E-state index contributed by atoms with van der Waals surface area (Å²) >= 11 is 6.32. The molecule has 2 aromatic carbocycles. The minimum Gasteiger partial charge on any atom is -0.492 e. The second-order valence-electron chi connectivity index (χ2n) is 7.39. The van der Waals surface area contributed by atoms with E-state index in [4.69, 9.17) is 25.6 Å². The molecule has 3 aromatic rings. The van der Waals surface area contributed by atoms with Gasteiger partial charge in [0.05, 0.1) is 29.7 Å². The predicted octanol–water partition coefficient (Wildman–Crippen LogP) is 5.19. The molecule has 0 spiro atoms. The second-order valence-corrected chi connectivity index (χ2v) is 7.80. The standard InChI is InChI=1S/C22H21ClN2O5/c1-12(2)29-18-7-6-14(10-17(18)23)22-24-21(25-30-22)16-5-3-4-15-13(11-19(26)27)8-9-28-20(15)16/h3-7,10,12-13H,8-9,11H2,1-2H3,(H,26,27). The maximum atomic E-state index is 11.2. The van der Waals surface area contributed by atoms with Gasteiger partial charge < -0.3 is 19.1 Å². The van der Waals surface area contributed by atoms with Crippen molar-refractivity contribution in [1.82, 2.24) is 10.1 Å². The molecule has 4 rings (SSSR count). The van der Waals surface area contributed by atoms with Crippen molar-refractivity contribution >= 4 is 17.6 Å². The summed E-state index contributed by atoms with van der Waals surface area (Å²) in [5.41, 5.74) is 2.19. The number of para-hydroxylation sites is 1. The van der Waals surface area contributed by atoms with Crippen molar-refractivity contribution in [3.63, 3.8) is 0 Å². The first kappa shape index (κ1) is 20.2. The summed E-state index contributed by atoms with van der Waals surface area (Å²) in [6.45, 7) is 4.30. The molecule has 8 heteroatoms. The van der Waals surface area contributed by atoms with E-state index in [0.717, 1.165) is 5.56 Å². The number of rotatable bonds is 6. The van der Waals surface area contributed by atoms with Gasteiger partial charge in [0.15, 0.2) is 0 Å². The Morgan fingerprint density at radius 3 is 2.90 bits per heavy atom. The molecule has 0 amide bonds. The van der Waals surface area contributed by atoms with Crippen LogP contribution >= 0.6 is 11.6 Å². The third-order valence-corrected chi connectivity index (χ3v) is 5.12. The Hall–Kier alpha value is -3.06. The van der Waals surface area contributed by atoms with E-state index in [-0.39, 0.29) is 18.4 Å². The highest BCUT2D eigenvalue weighted by molar-refractivity contribution is 6.32. The van der Waals surface area contributed by atoms with Crippen LogP contribution in [0.5, 0.6) is 11.5 Å². The Balaban J connectivity index is 1.65. The Morgan fingerprint density at radius 1 is 1.33 bits per heavy atom. The van der Waals surface area contributed by atoms with Crippen molar-refractivity contribution < 1.29 is 23.9 Å². The largest absolute Gasteiger partial charge is 0.492 e. The highest BCUT2D eigenvalue weighted by Gasteiger charge is 2.27. The van der Waals surface area contributed by atoms with Crippen LogP contribution in [0, 0.1) is 0 Å². The van der Waals surface area contributed by atoms with Crippen LogP contribution in [-0.2, 0) is 4.79 Å². The number of carboxylic acids is 1. The summed E-state index contributed by atoms with van der Waals surface area (Å²) in [6.07, 6.45) is 0.724. The lowest BCUT2D eigenvalue weighted by Gasteiger charge is -2.26. The average Bonchev–Trinajstić information content (AvgIpc) is 3.19. The molecular weight excluding hydrogens is 408 g/mol. The highest BCUT2D eigenvalue weighted by atomic mass is 35.5. The molecule has 0 radical (unpaired) electrons. The first-order valence-corrected chi connectivity index (χ1v) is 10.1. The SMILES string of the molecule is CC(C)Oc1ccc(-c2nc(-c3cccc4c3OCCC4CC(=O)O)no2)cc1Cl. The number of fused-ring (bicyclic) bond motifs is 1. The number of hydrogen-bond donors (Lipinski definition) is 1. The molecule has 1 aliphatic rings. The van der Waals surface area contributed by atoms with Crippen LogP contribution in [-0.4, -0.2) is 33.9 Å². The van der Waals surface area contributed by atoms with Crippen LogP contribution in [0.3, 0.4) is 0 Å². The molecule has 1 N–H and O–H groups in total. The topological polar surface area (TPSA) is 94.7 Å². The third-order valence-electron chi connectivity index (χ3n) is 4.83. The van der Waals surface area contributed by atoms with Gasteiger partial charge >= 0.3 is 5.97 Å². The molecule has 0 saturated carbocycles. The number of carbonyl (C=O) groups is 1. The van der Waals surface area contributed by atoms with Gasteiger partial charge in [-0.1, -0.05) is 28.9 Å². The first-order chi connectivity index (χ1) is 14.4. The Kier molecular flexibility index (Phi) is 5.63. The van der Waals surface area contributed by atoms with E-state index in [1.54, 1.807) is 18.2 Å². The van der Waals surface area contributed by atoms with E-state index in [2.05, 4.69) is 10.1 Å². The third kappa shape index (κ3) is 4.11. The molecule has 1 aliphatic heterocycles. The molecule has 0 fully saturated rings. The molecule has 156 valence electrons. The number of benzene rings is 2. The van der Waals surface area contributed by atoms with E-state index < -0.39 is 5.97 Å². The van der Waals surface area contributed by atoms with Gasteiger partial charge in [0, 0.05) is 11.5 Å². The van der Waals surface area contributed by atoms with Crippen LogP contribution in [0.25, 0.3) is 22.8 Å². The zero-order chi connectivity index (χ0) is 21.3. The molecule has 2 heterocycles. The number of aromatic nitrogens is 2. The van der Waals surface area contributed by atoms with Gasteiger partial charge in [-0.25, -0.2) is 0 Å². The van der Waals surface area contributed by atoms with Gasteiger partial charge in [0.2, 0.25) is 5.82 Å². The van der Waals surface area contributed by atoms with Crippen molar-refractivity contribution in [1.29, 1.82) is 0 Å². The summed E-state index contributed by atoms with van der Waals surface area (Å²) in [6, 6.07) is 10.9. The smallest absolute Gasteiger partial charge is 0.303 e. The molecule has 1 aromatic heterocycles. The van der Waals surface area contributed by atoms with E-state index in [9.17, 15) is 9.90 Å². The zero-order valence-corrected chi connectivity index (χ0v) is 17.3. The van der Waals surface area contributed by atoms with Crippen LogP contribution in [0.1, 0.15) is 38.2 Å². The van der Waals surface area contributed by atoms with Gasteiger partial charge in [-0.05, 0) is 50.1 Å². The fraction of sp³-hybridized carbons (Fsp3) is 0.318. The molecule has 1 atom stereocenters. The predicted molar refractivity (Wildman–Crippen MR) is 111 cm³/mol. The number of carboxylic acid groups (broad SMARTS) is 1. The van der Waals surface area contributed by atoms with Crippen molar-refractivity contribution in [3.8, 4) is 34.3 Å². The zero-order valence-electron chi connectivity index (χ0n) is 16.6. The maximum Gasteiger partial charge on any atom is 0.303 e. The summed E-state index contributed by atoms with van der Waals surface area (Å²) in [4.78, 5) is 15.7. The van der Waals surface area contributed by atoms with Gasteiger partial charge in [-0.2, -0.15) is 4.98 Å². The molecule has 7 nitrogen and oxygen atoms in total. The van der Waals surface area contributed by atoms with Gasteiger partial charge in [-0.3, -0.25) is 4.79 Å². The second kappa shape index (κ2) is 8.36. The summed E-state index contributed by atoms with van der Waals surface area (Å²) in [7, 11) is 0. The number of ether oxygens (including phenoxy) is 2. The lowest BCUT2D eigenvalue weighted by Crippen LogP contribution is -2.17. The van der Waals surface area contributed by atoms with E-state index in [1.807, 2.05) is 32.0 Å². The van der Waals surface area contributed by atoms with Crippen LogP contribution < -0.4 is 9.47 Å². The molecule has 0 bridgehead atoms. The Bertz CT molecular complexity index is 1080. The van der Waals surface area contributed by atoms with Gasteiger partial charge in [0.1, 0.15) is 11.5 Å². The van der Waals surface area contributed by atoms with Crippen LogP contribution in [0.2, 0.25) is 5.02 Å². The van der Waals surface area contributed by atoms with Crippen molar-refractivity contribution in [3.05, 3.63) is 47.0 Å². The molecule has 0 saturated heterocycles. The molecule has 1 unspecified atom stereocenters. The van der Waals surface area contributed by atoms with E-state index >= 15 is 0 Å². The Morgan fingerprint density at radius 2 is 2.17 bits per heavy atom. The lowest BCUT2D eigenvalue weighted by molar-refractivity contribution is -0.137. The molecular formula is C22H21ClN2O5. The van der Waals surface area contributed by atoms with Crippen LogP contribution in [0.4, 0.5) is 0 Å². The number of nitrogens with zero attached hydrogens (tertiary/aromatic N) is 2. The Labute approximate surface area is 178 Å². The van der Waals surface area contributed by atoms with Crippen molar-refractivity contribution in [2.75, 3.05) is 6.61 Å². The fourth-order valence-corrected chi connectivity index (χ4v) is 3.75. The van der Waals surface area contributed by atoms with Gasteiger partial charge in [-0.15, -0.1) is 0 Å². The molecule has 30 heavy (non-hydrogen) atoms. The van der Waals surface area contributed by atoms with Crippen molar-refractivity contribution in [2.45, 2.75) is 38.7 Å². The maximum absolute atomic E-state index is 11.2. The van der Waals surface area contributed by atoms with Gasteiger partial charge in [0.25, 0.3) is 5.89 Å².